The van der Waals surface area contributed by atoms with Crippen molar-refractivity contribution in [2.75, 3.05) is 32.4 Å². The summed E-state index contributed by atoms with van der Waals surface area (Å²) >= 11 is 2.05. The van der Waals surface area contributed by atoms with Gasteiger partial charge in [-0.05, 0) is 26.0 Å². The van der Waals surface area contributed by atoms with Gasteiger partial charge in [-0.2, -0.15) is 11.8 Å². The van der Waals surface area contributed by atoms with Crippen LogP contribution < -0.4 is 5.32 Å². The van der Waals surface area contributed by atoms with Gasteiger partial charge in [0.15, 0.2) is 0 Å². The van der Waals surface area contributed by atoms with E-state index in [9.17, 15) is 0 Å². The SMILES string of the molecule is CCC(CC)(CN1CCNCC1C)SC. The fourth-order valence-electron chi connectivity index (χ4n) is 2.31. The van der Waals surface area contributed by atoms with Crippen molar-refractivity contribution >= 4 is 11.8 Å². The molecular weight excluding hydrogens is 204 g/mol. The maximum Gasteiger partial charge on any atom is 0.0279 e. The van der Waals surface area contributed by atoms with Gasteiger partial charge >= 0.3 is 0 Å². The van der Waals surface area contributed by atoms with Crippen LogP contribution >= 0.6 is 11.8 Å². The molecule has 1 fully saturated rings. The molecule has 0 aromatic rings. The summed E-state index contributed by atoms with van der Waals surface area (Å²) in [5.41, 5.74) is 0. The second-order valence-corrected chi connectivity index (χ2v) is 5.89. The lowest BCUT2D eigenvalue weighted by atomic mass is 10.00. The Morgan fingerprint density at radius 2 is 2.07 bits per heavy atom. The van der Waals surface area contributed by atoms with Crippen molar-refractivity contribution in [3.05, 3.63) is 0 Å². The van der Waals surface area contributed by atoms with Crippen molar-refractivity contribution in [2.45, 2.75) is 44.4 Å². The van der Waals surface area contributed by atoms with E-state index in [1.54, 1.807) is 0 Å². The summed E-state index contributed by atoms with van der Waals surface area (Å²) in [6.07, 6.45) is 4.82. The minimum absolute atomic E-state index is 0.478. The van der Waals surface area contributed by atoms with E-state index < -0.39 is 0 Å². The molecule has 0 aromatic carbocycles. The summed E-state index contributed by atoms with van der Waals surface area (Å²) in [5, 5.41) is 3.46. The number of hydrogen-bond donors (Lipinski definition) is 1. The van der Waals surface area contributed by atoms with Gasteiger partial charge in [0.2, 0.25) is 0 Å². The Kier molecular flexibility index (Phi) is 5.44. The second-order valence-electron chi connectivity index (χ2n) is 4.62. The van der Waals surface area contributed by atoms with Gasteiger partial charge in [0.25, 0.3) is 0 Å². The zero-order chi connectivity index (χ0) is 11.3. The Bertz CT molecular complexity index is 172. The standard InChI is InChI=1S/C12H26N2S/c1-5-12(6-2,15-4)10-14-8-7-13-9-11(14)3/h11,13H,5-10H2,1-4H3. The van der Waals surface area contributed by atoms with Crippen LogP contribution in [0.15, 0.2) is 0 Å². The molecule has 0 spiro atoms. The topological polar surface area (TPSA) is 15.3 Å². The average Bonchev–Trinajstić information content (AvgIpc) is 2.29. The van der Waals surface area contributed by atoms with E-state index >= 15 is 0 Å². The number of nitrogens with zero attached hydrogens (tertiary/aromatic N) is 1. The highest BCUT2D eigenvalue weighted by molar-refractivity contribution is 8.00. The normalized spacial score (nSPS) is 24.4. The molecule has 1 aliphatic rings. The molecule has 0 amide bonds. The molecule has 3 heteroatoms. The summed E-state index contributed by atoms with van der Waals surface area (Å²) in [4.78, 5) is 2.65. The molecule has 0 saturated carbocycles. The van der Waals surface area contributed by atoms with E-state index in [-0.39, 0.29) is 0 Å². The first kappa shape index (κ1) is 13.3. The molecule has 1 rings (SSSR count). The third kappa shape index (κ3) is 3.36. The van der Waals surface area contributed by atoms with E-state index in [0.717, 1.165) is 13.1 Å². The number of rotatable bonds is 5. The Morgan fingerprint density at radius 3 is 2.53 bits per heavy atom. The monoisotopic (exact) mass is 230 g/mol. The van der Waals surface area contributed by atoms with Crippen LogP contribution in [-0.4, -0.2) is 48.1 Å². The molecule has 0 aliphatic carbocycles. The van der Waals surface area contributed by atoms with Crippen LogP contribution in [0.2, 0.25) is 0 Å². The van der Waals surface area contributed by atoms with Crippen LogP contribution in [0.5, 0.6) is 0 Å². The van der Waals surface area contributed by atoms with Crippen molar-refractivity contribution < 1.29 is 0 Å². The Morgan fingerprint density at radius 1 is 1.40 bits per heavy atom. The van der Waals surface area contributed by atoms with Gasteiger partial charge in [-0.15, -0.1) is 0 Å². The van der Waals surface area contributed by atoms with Gasteiger partial charge in [-0.1, -0.05) is 13.8 Å². The molecule has 2 nitrogen and oxygen atoms in total. The first-order chi connectivity index (χ1) is 7.17. The van der Waals surface area contributed by atoms with E-state index in [1.807, 2.05) is 0 Å². The minimum atomic E-state index is 0.478. The highest BCUT2D eigenvalue weighted by atomic mass is 32.2. The van der Waals surface area contributed by atoms with Crippen LogP contribution in [0.4, 0.5) is 0 Å². The molecule has 1 atom stereocenters. The largest absolute Gasteiger partial charge is 0.314 e. The summed E-state index contributed by atoms with van der Waals surface area (Å²) in [6, 6.07) is 0.698. The average molecular weight is 230 g/mol. The van der Waals surface area contributed by atoms with Crippen LogP contribution in [0.25, 0.3) is 0 Å². The zero-order valence-electron chi connectivity index (χ0n) is 10.7. The van der Waals surface area contributed by atoms with E-state index in [2.05, 4.69) is 49.0 Å². The van der Waals surface area contributed by atoms with Crippen molar-refractivity contribution in [2.24, 2.45) is 0 Å². The molecular formula is C12H26N2S. The highest BCUT2D eigenvalue weighted by Crippen LogP contribution is 2.32. The number of thioether (sulfide) groups is 1. The van der Waals surface area contributed by atoms with Gasteiger partial charge in [0, 0.05) is 37.0 Å². The van der Waals surface area contributed by atoms with Gasteiger partial charge in [0.05, 0.1) is 0 Å². The van der Waals surface area contributed by atoms with Crippen molar-refractivity contribution in [3.8, 4) is 0 Å². The lowest BCUT2D eigenvalue weighted by Crippen LogP contribution is -2.54. The molecule has 90 valence electrons. The Hall–Kier alpha value is 0.270. The molecule has 0 radical (unpaired) electrons. The van der Waals surface area contributed by atoms with E-state index in [0.29, 0.717) is 10.8 Å². The molecule has 1 saturated heterocycles. The third-order valence-corrected chi connectivity index (χ3v) is 5.42. The van der Waals surface area contributed by atoms with Crippen molar-refractivity contribution in [1.82, 2.24) is 10.2 Å². The fourth-order valence-corrected chi connectivity index (χ4v) is 3.19. The maximum atomic E-state index is 3.46. The summed E-state index contributed by atoms with van der Waals surface area (Å²) < 4.78 is 0.478. The number of nitrogens with one attached hydrogen (secondary N) is 1. The smallest absolute Gasteiger partial charge is 0.0279 e. The summed E-state index contributed by atoms with van der Waals surface area (Å²) in [7, 11) is 0. The van der Waals surface area contributed by atoms with Gasteiger partial charge in [-0.3, -0.25) is 4.90 Å². The molecule has 0 bridgehead atoms. The second kappa shape index (κ2) is 6.12. The molecule has 1 unspecified atom stereocenters. The Labute approximate surface area is 99.2 Å². The van der Waals surface area contributed by atoms with Crippen LogP contribution in [0.1, 0.15) is 33.6 Å². The van der Waals surface area contributed by atoms with Crippen molar-refractivity contribution in [1.29, 1.82) is 0 Å². The van der Waals surface area contributed by atoms with Gasteiger partial charge in [-0.25, -0.2) is 0 Å². The predicted molar refractivity (Wildman–Crippen MR) is 70.7 cm³/mol. The quantitative estimate of drug-likeness (QED) is 0.779. The first-order valence-electron chi connectivity index (χ1n) is 6.17. The number of piperazine rings is 1. The molecule has 0 aromatic heterocycles. The van der Waals surface area contributed by atoms with Gasteiger partial charge in [0.1, 0.15) is 0 Å². The van der Waals surface area contributed by atoms with E-state index in [1.165, 1.54) is 25.9 Å². The van der Waals surface area contributed by atoms with Crippen LogP contribution in [0.3, 0.4) is 0 Å². The Balaban J connectivity index is 2.56. The van der Waals surface area contributed by atoms with Crippen LogP contribution in [-0.2, 0) is 0 Å². The molecule has 1 heterocycles. The summed E-state index contributed by atoms with van der Waals surface area (Å²) in [5.74, 6) is 0. The lowest BCUT2D eigenvalue weighted by Gasteiger charge is -2.41. The summed E-state index contributed by atoms with van der Waals surface area (Å²) in [6.45, 7) is 11.8. The van der Waals surface area contributed by atoms with Gasteiger partial charge < -0.3 is 5.32 Å². The third-order valence-electron chi connectivity index (χ3n) is 3.85. The van der Waals surface area contributed by atoms with Crippen LogP contribution in [0, 0.1) is 0 Å². The highest BCUT2D eigenvalue weighted by Gasteiger charge is 2.30. The molecule has 1 aliphatic heterocycles. The fraction of sp³-hybridized carbons (Fsp3) is 1.00. The first-order valence-corrected chi connectivity index (χ1v) is 7.40. The van der Waals surface area contributed by atoms with Crippen molar-refractivity contribution in [3.63, 3.8) is 0 Å². The molecule has 15 heavy (non-hydrogen) atoms. The maximum absolute atomic E-state index is 3.46. The predicted octanol–water partition coefficient (Wildman–Crippen LogP) is 2.20. The lowest BCUT2D eigenvalue weighted by molar-refractivity contribution is 0.154. The number of hydrogen-bond acceptors (Lipinski definition) is 3. The molecule has 1 N–H and O–H groups in total. The minimum Gasteiger partial charge on any atom is -0.314 e. The zero-order valence-corrected chi connectivity index (χ0v) is 11.5. The van der Waals surface area contributed by atoms with E-state index in [4.69, 9.17) is 0 Å².